The maximum atomic E-state index is 12.4. The second kappa shape index (κ2) is 7.51. The van der Waals surface area contributed by atoms with Crippen LogP contribution >= 0.6 is 0 Å². The van der Waals surface area contributed by atoms with E-state index in [9.17, 15) is 9.59 Å². The molecule has 0 spiro atoms. The SMILES string of the molecule is CC(C)C(=O)c1ccc([C@@H](C)C(=O)Nc2ccncc2C#N)cc1. The molecule has 0 saturated carbocycles. The highest BCUT2D eigenvalue weighted by Crippen LogP contribution is 2.21. The zero-order valence-electron chi connectivity index (χ0n) is 13.9. The van der Waals surface area contributed by atoms with E-state index in [0.29, 0.717) is 16.8 Å². The normalized spacial score (nSPS) is 11.6. The maximum absolute atomic E-state index is 12.4. The van der Waals surface area contributed by atoms with Crippen LogP contribution in [0.15, 0.2) is 42.7 Å². The van der Waals surface area contributed by atoms with Crippen molar-refractivity contribution in [3.05, 3.63) is 59.4 Å². The average Bonchev–Trinajstić information content (AvgIpc) is 2.60. The summed E-state index contributed by atoms with van der Waals surface area (Å²) in [7, 11) is 0. The van der Waals surface area contributed by atoms with Crippen molar-refractivity contribution in [2.75, 3.05) is 5.32 Å². The molecule has 0 aliphatic rings. The molecule has 0 radical (unpaired) electrons. The molecule has 0 unspecified atom stereocenters. The van der Waals surface area contributed by atoms with E-state index < -0.39 is 5.92 Å². The molecule has 1 aromatic heterocycles. The van der Waals surface area contributed by atoms with Gasteiger partial charge in [-0.3, -0.25) is 14.6 Å². The molecule has 2 rings (SSSR count). The molecule has 1 heterocycles. The Morgan fingerprint density at radius 2 is 1.79 bits per heavy atom. The zero-order valence-corrected chi connectivity index (χ0v) is 13.9. The number of hydrogen-bond donors (Lipinski definition) is 1. The average molecular weight is 321 g/mol. The fraction of sp³-hybridized carbons (Fsp3) is 0.263. The minimum absolute atomic E-state index is 0.0623. The molecular formula is C19H19N3O2. The summed E-state index contributed by atoms with van der Waals surface area (Å²) < 4.78 is 0. The summed E-state index contributed by atoms with van der Waals surface area (Å²) in [5.41, 5.74) is 2.20. The highest BCUT2D eigenvalue weighted by atomic mass is 16.2. The van der Waals surface area contributed by atoms with Crippen molar-refractivity contribution in [1.82, 2.24) is 4.98 Å². The van der Waals surface area contributed by atoms with Gasteiger partial charge in [-0.05, 0) is 18.6 Å². The van der Waals surface area contributed by atoms with Gasteiger partial charge in [0.25, 0.3) is 0 Å². The number of carbonyl (C=O) groups is 2. The zero-order chi connectivity index (χ0) is 17.7. The van der Waals surface area contributed by atoms with Gasteiger partial charge in [-0.1, -0.05) is 38.1 Å². The third-order valence-electron chi connectivity index (χ3n) is 3.81. The highest BCUT2D eigenvalue weighted by molar-refractivity contribution is 5.98. The van der Waals surface area contributed by atoms with Crippen LogP contribution in [0.3, 0.4) is 0 Å². The van der Waals surface area contributed by atoms with Gasteiger partial charge in [0, 0.05) is 23.9 Å². The highest BCUT2D eigenvalue weighted by Gasteiger charge is 2.18. The van der Waals surface area contributed by atoms with E-state index in [-0.39, 0.29) is 17.6 Å². The van der Waals surface area contributed by atoms with Crippen molar-refractivity contribution in [2.24, 2.45) is 5.92 Å². The number of amides is 1. The summed E-state index contributed by atoms with van der Waals surface area (Å²) in [5.74, 6) is -0.615. The van der Waals surface area contributed by atoms with Gasteiger partial charge in [0.1, 0.15) is 6.07 Å². The lowest BCUT2D eigenvalue weighted by Gasteiger charge is -2.14. The van der Waals surface area contributed by atoms with Gasteiger partial charge in [0.05, 0.1) is 17.2 Å². The number of Topliss-reactive ketones (excluding diaryl/α,β-unsaturated/α-hetero) is 1. The number of anilines is 1. The van der Waals surface area contributed by atoms with Crippen LogP contribution in [-0.2, 0) is 4.79 Å². The van der Waals surface area contributed by atoms with Gasteiger partial charge in [0.15, 0.2) is 5.78 Å². The van der Waals surface area contributed by atoms with E-state index in [0.717, 1.165) is 5.56 Å². The van der Waals surface area contributed by atoms with Crippen molar-refractivity contribution in [2.45, 2.75) is 26.7 Å². The van der Waals surface area contributed by atoms with Gasteiger partial charge < -0.3 is 5.32 Å². The van der Waals surface area contributed by atoms with Crippen molar-refractivity contribution < 1.29 is 9.59 Å². The van der Waals surface area contributed by atoms with Gasteiger partial charge >= 0.3 is 0 Å². The number of carbonyl (C=O) groups excluding carboxylic acids is 2. The smallest absolute Gasteiger partial charge is 0.231 e. The van der Waals surface area contributed by atoms with Crippen molar-refractivity contribution in [3.8, 4) is 6.07 Å². The Bertz CT molecular complexity index is 789. The number of hydrogen-bond acceptors (Lipinski definition) is 4. The molecule has 1 atom stereocenters. The molecule has 122 valence electrons. The molecule has 2 aromatic rings. The van der Waals surface area contributed by atoms with Gasteiger partial charge in [-0.15, -0.1) is 0 Å². The molecular weight excluding hydrogens is 302 g/mol. The number of pyridine rings is 1. The topological polar surface area (TPSA) is 82.8 Å². The summed E-state index contributed by atoms with van der Waals surface area (Å²) >= 11 is 0. The number of aromatic nitrogens is 1. The molecule has 0 aliphatic heterocycles. The Kier molecular flexibility index (Phi) is 5.43. The van der Waals surface area contributed by atoms with Crippen LogP contribution in [0.1, 0.15) is 48.2 Å². The number of nitrogens with one attached hydrogen (secondary N) is 1. The van der Waals surface area contributed by atoms with Crippen molar-refractivity contribution in [1.29, 1.82) is 5.26 Å². The van der Waals surface area contributed by atoms with Crippen molar-refractivity contribution >= 4 is 17.4 Å². The fourth-order valence-electron chi connectivity index (χ4n) is 2.25. The van der Waals surface area contributed by atoms with E-state index in [1.54, 1.807) is 37.3 Å². The fourth-order valence-corrected chi connectivity index (χ4v) is 2.25. The quantitative estimate of drug-likeness (QED) is 0.854. The molecule has 1 amide bonds. The molecule has 0 aliphatic carbocycles. The second-order valence-corrected chi connectivity index (χ2v) is 5.88. The lowest BCUT2D eigenvalue weighted by Crippen LogP contribution is -2.19. The van der Waals surface area contributed by atoms with Crippen LogP contribution in [0.25, 0.3) is 0 Å². The predicted molar refractivity (Wildman–Crippen MR) is 91.6 cm³/mol. The van der Waals surface area contributed by atoms with Crippen LogP contribution in [0.4, 0.5) is 5.69 Å². The van der Waals surface area contributed by atoms with Crippen LogP contribution in [-0.4, -0.2) is 16.7 Å². The van der Waals surface area contributed by atoms with E-state index >= 15 is 0 Å². The summed E-state index contributed by atoms with van der Waals surface area (Å²) in [4.78, 5) is 28.2. The monoisotopic (exact) mass is 321 g/mol. The first-order chi connectivity index (χ1) is 11.4. The molecule has 0 fully saturated rings. The standard InChI is InChI=1S/C19H19N3O2/c1-12(2)18(23)15-6-4-14(5-7-15)13(3)19(24)22-17-8-9-21-11-16(17)10-20/h4-9,11-13H,1-3H3,(H,21,22,24)/t13-/m1/s1. The Balaban J connectivity index is 2.13. The predicted octanol–water partition coefficient (Wildman–Crippen LogP) is 3.53. The molecule has 1 aromatic carbocycles. The summed E-state index contributed by atoms with van der Waals surface area (Å²) in [6.07, 6.45) is 2.93. The first kappa shape index (κ1) is 17.4. The van der Waals surface area contributed by atoms with Crippen LogP contribution < -0.4 is 5.32 Å². The minimum atomic E-state index is -0.409. The lowest BCUT2D eigenvalue weighted by atomic mass is 9.95. The molecule has 0 saturated heterocycles. The third kappa shape index (κ3) is 3.85. The van der Waals surface area contributed by atoms with Gasteiger partial charge in [-0.2, -0.15) is 5.26 Å². The Morgan fingerprint density at radius 1 is 1.12 bits per heavy atom. The molecule has 1 N–H and O–H groups in total. The molecule has 0 bridgehead atoms. The first-order valence-corrected chi connectivity index (χ1v) is 7.73. The van der Waals surface area contributed by atoms with E-state index in [4.69, 9.17) is 5.26 Å². The van der Waals surface area contributed by atoms with E-state index in [1.165, 1.54) is 12.4 Å². The largest absolute Gasteiger partial charge is 0.324 e. The Morgan fingerprint density at radius 3 is 2.38 bits per heavy atom. The summed E-state index contributed by atoms with van der Waals surface area (Å²) in [6, 6.07) is 10.7. The molecule has 5 heteroatoms. The molecule has 5 nitrogen and oxygen atoms in total. The maximum Gasteiger partial charge on any atom is 0.231 e. The van der Waals surface area contributed by atoms with Gasteiger partial charge in [0.2, 0.25) is 5.91 Å². The Labute approximate surface area is 141 Å². The lowest BCUT2D eigenvalue weighted by molar-refractivity contribution is -0.117. The number of nitrogens with zero attached hydrogens (tertiary/aromatic N) is 2. The van der Waals surface area contributed by atoms with Gasteiger partial charge in [-0.25, -0.2) is 0 Å². The van der Waals surface area contributed by atoms with Crippen LogP contribution in [0, 0.1) is 17.2 Å². The van der Waals surface area contributed by atoms with Crippen LogP contribution in [0.2, 0.25) is 0 Å². The number of ketones is 1. The number of rotatable bonds is 5. The summed E-state index contributed by atoms with van der Waals surface area (Å²) in [6.45, 7) is 5.49. The third-order valence-corrected chi connectivity index (χ3v) is 3.81. The first-order valence-electron chi connectivity index (χ1n) is 7.73. The number of nitriles is 1. The minimum Gasteiger partial charge on any atom is -0.324 e. The molecule has 24 heavy (non-hydrogen) atoms. The number of benzene rings is 1. The van der Waals surface area contributed by atoms with Crippen LogP contribution in [0.5, 0.6) is 0 Å². The second-order valence-electron chi connectivity index (χ2n) is 5.88. The van der Waals surface area contributed by atoms with E-state index in [2.05, 4.69) is 10.3 Å². The van der Waals surface area contributed by atoms with Crippen molar-refractivity contribution in [3.63, 3.8) is 0 Å². The summed E-state index contributed by atoms with van der Waals surface area (Å²) in [5, 5.41) is 11.8. The Hall–Kier alpha value is -3.00. The van der Waals surface area contributed by atoms with E-state index in [1.807, 2.05) is 19.9 Å².